The number of hydrogen-bond donors (Lipinski definition) is 1. The van der Waals surface area contributed by atoms with Crippen LogP contribution in [0.25, 0.3) is 5.76 Å². The molecule has 0 saturated carbocycles. The molecule has 0 amide bonds. The Labute approximate surface area is 142 Å². The highest BCUT2D eigenvalue weighted by molar-refractivity contribution is 8.07. The summed E-state index contributed by atoms with van der Waals surface area (Å²) in [5.41, 5.74) is 4.42. The predicted molar refractivity (Wildman–Crippen MR) is 98.7 cm³/mol. The van der Waals surface area contributed by atoms with Gasteiger partial charge in [-0.25, -0.2) is 0 Å². The van der Waals surface area contributed by atoms with Gasteiger partial charge in [0.05, 0.1) is 0 Å². The lowest BCUT2D eigenvalue weighted by Gasteiger charge is -2.23. The first kappa shape index (κ1) is 15.8. The summed E-state index contributed by atoms with van der Waals surface area (Å²) in [4.78, 5) is 3.44. The highest BCUT2D eigenvalue weighted by atomic mass is 32.2. The summed E-state index contributed by atoms with van der Waals surface area (Å²) in [5, 5.41) is 11.8. The fourth-order valence-corrected chi connectivity index (χ4v) is 3.77. The van der Waals surface area contributed by atoms with Crippen molar-refractivity contribution in [2.75, 3.05) is 0 Å². The monoisotopic (exact) mass is 323 g/mol. The Morgan fingerprint density at radius 3 is 2.30 bits per heavy atom. The van der Waals surface area contributed by atoms with Crippen LogP contribution in [-0.4, -0.2) is 10.0 Å². The third kappa shape index (κ3) is 3.15. The molecule has 0 fully saturated rings. The van der Waals surface area contributed by atoms with Crippen LogP contribution in [0.1, 0.15) is 30.5 Å². The Balaban J connectivity index is 2.01. The van der Waals surface area contributed by atoms with E-state index in [9.17, 15) is 5.11 Å². The molecule has 0 radical (unpaired) electrons. The van der Waals surface area contributed by atoms with Crippen LogP contribution >= 0.6 is 11.8 Å². The molecule has 0 unspecified atom stereocenters. The number of rotatable bonds is 3. The number of aliphatic hydroxyl groups excluding tert-OH is 1. The van der Waals surface area contributed by atoms with E-state index in [-0.39, 0.29) is 0 Å². The second kappa shape index (κ2) is 6.55. The molecule has 23 heavy (non-hydrogen) atoms. The first-order chi connectivity index (χ1) is 11.1. The molecule has 2 aromatic carbocycles. The highest BCUT2D eigenvalue weighted by Gasteiger charge is 2.27. The van der Waals surface area contributed by atoms with Gasteiger partial charge < -0.3 is 10.0 Å². The van der Waals surface area contributed by atoms with E-state index >= 15 is 0 Å². The molecule has 1 heterocycles. The standard InChI is InChI=1S/C20H21NOS/c1-14-9-7-8-12-18(14)19(22)20-21(15(2)16(3)23-20)13-17-10-5-4-6-11-17/h4-12,22H,13H2,1-3H3/b20-19+. The molecular weight excluding hydrogens is 302 g/mol. The van der Waals surface area contributed by atoms with Crippen LogP contribution in [0.3, 0.4) is 0 Å². The Kier molecular flexibility index (Phi) is 4.49. The van der Waals surface area contributed by atoms with Crippen LogP contribution in [0.4, 0.5) is 0 Å². The summed E-state index contributed by atoms with van der Waals surface area (Å²) < 4.78 is 0. The molecule has 3 rings (SSSR count). The topological polar surface area (TPSA) is 23.5 Å². The van der Waals surface area contributed by atoms with Crippen LogP contribution in [0, 0.1) is 6.92 Å². The van der Waals surface area contributed by atoms with E-state index in [1.807, 2.05) is 37.3 Å². The van der Waals surface area contributed by atoms with Crippen LogP contribution in [0.2, 0.25) is 0 Å². The minimum Gasteiger partial charge on any atom is -0.505 e. The van der Waals surface area contributed by atoms with E-state index < -0.39 is 0 Å². The quantitative estimate of drug-likeness (QED) is 0.735. The Bertz CT molecular complexity index is 777. The molecule has 0 atom stereocenters. The molecule has 0 aliphatic carbocycles. The van der Waals surface area contributed by atoms with Gasteiger partial charge in [-0.05, 0) is 31.9 Å². The normalized spacial score (nSPS) is 16.9. The van der Waals surface area contributed by atoms with E-state index in [2.05, 4.69) is 43.0 Å². The maximum atomic E-state index is 10.9. The van der Waals surface area contributed by atoms with E-state index in [1.54, 1.807) is 11.8 Å². The summed E-state index contributed by atoms with van der Waals surface area (Å²) >= 11 is 1.65. The second-order valence-electron chi connectivity index (χ2n) is 5.78. The third-order valence-corrected chi connectivity index (χ3v) is 5.40. The average molecular weight is 323 g/mol. The Morgan fingerprint density at radius 1 is 0.957 bits per heavy atom. The van der Waals surface area contributed by atoms with Crippen molar-refractivity contribution >= 4 is 17.5 Å². The fraction of sp³-hybridized carbons (Fsp3) is 0.200. The molecule has 1 N–H and O–H groups in total. The molecular formula is C20H21NOS. The van der Waals surface area contributed by atoms with E-state index in [1.165, 1.54) is 16.2 Å². The highest BCUT2D eigenvalue weighted by Crippen LogP contribution is 2.44. The summed E-state index contributed by atoms with van der Waals surface area (Å²) in [6.45, 7) is 7.02. The van der Waals surface area contributed by atoms with Gasteiger partial charge in [-0.2, -0.15) is 0 Å². The zero-order chi connectivity index (χ0) is 16.4. The number of thioether (sulfide) groups is 1. The van der Waals surface area contributed by atoms with Gasteiger partial charge in [-0.1, -0.05) is 66.4 Å². The smallest absolute Gasteiger partial charge is 0.153 e. The summed E-state index contributed by atoms with van der Waals surface area (Å²) in [7, 11) is 0. The number of hydrogen-bond acceptors (Lipinski definition) is 3. The van der Waals surface area contributed by atoms with Gasteiger partial charge in [0.25, 0.3) is 0 Å². The van der Waals surface area contributed by atoms with Crippen molar-refractivity contribution in [3.05, 3.63) is 86.9 Å². The van der Waals surface area contributed by atoms with Gasteiger partial charge in [0.1, 0.15) is 5.03 Å². The zero-order valence-corrected chi connectivity index (χ0v) is 14.5. The molecule has 0 saturated heterocycles. The summed E-state index contributed by atoms with van der Waals surface area (Å²) in [5.74, 6) is 0.361. The maximum Gasteiger partial charge on any atom is 0.153 e. The van der Waals surface area contributed by atoms with Gasteiger partial charge >= 0.3 is 0 Å². The summed E-state index contributed by atoms with van der Waals surface area (Å²) in [6, 6.07) is 18.3. The van der Waals surface area contributed by atoms with Crippen LogP contribution in [0.15, 0.2) is 70.2 Å². The molecule has 0 aromatic heterocycles. The summed E-state index contributed by atoms with van der Waals surface area (Å²) in [6.07, 6.45) is 0. The first-order valence-electron chi connectivity index (χ1n) is 7.74. The molecule has 0 spiro atoms. The predicted octanol–water partition coefficient (Wildman–Crippen LogP) is 5.68. The van der Waals surface area contributed by atoms with Gasteiger partial charge in [0.15, 0.2) is 5.76 Å². The van der Waals surface area contributed by atoms with Crippen molar-refractivity contribution in [2.45, 2.75) is 27.3 Å². The van der Waals surface area contributed by atoms with E-state index in [0.717, 1.165) is 22.7 Å². The second-order valence-corrected chi connectivity index (χ2v) is 6.99. The van der Waals surface area contributed by atoms with Crippen LogP contribution < -0.4 is 0 Å². The number of benzene rings is 2. The van der Waals surface area contributed by atoms with Crippen molar-refractivity contribution < 1.29 is 5.11 Å². The fourth-order valence-electron chi connectivity index (χ4n) is 2.70. The molecule has 2 aromatic rings. The number of aryl methyl sites for hydroxylation is 1. The largest absolute Gasteiger partial charge is 0.505 e. The maximum absolute atomic E-state index is 10.9. The lowest BCUT2D eigenvalue weighted by Crippen LogP contribution is -2.17. The van der Waals surface area contributed by atoms with Gasteiger partial charge in [-0.15, -0.1) is 0 Å². The van der Waals surface area contributed by atoms with Crippen LogP contribution in [-0.2, 0) is 6.54 Å². The van der Waals surface area contributed by atoms with Crippen molar-refractivity contribution in [1.82, 2.24) is 4.90 Å². The van der Waals surface area contributed by atoms with Gasteiger partial charge in [0.2, 0.25) is 0 Å². The minimum absolute atomic E-state index is 0.361. The molecule has 3 heteroatoms. The Hall–Kier alpha value is -2.13. The van der Waals surface area contributed by atoms with Crippen molar-refractivity contribution in [3.8, 4) is 0 Å². The molecule has 1 aliphatic rings. The van der Waals surface area contributed by atoms with Crippen molar-refractivity contribution in [2.24, 2.45) is 0 Å². The zero-order valence-electron chi connectivity index (χ0n) is 13.7. The van der Waals surface area contributed by atoms with Gasteiger partial charge in [-0.3, -0.25) is 0 Å². The number of allylic oxidation sites excluding steroid dienone is 2. The van der Waals surface area contributed by atoms with E-state index in [4.69, 9.17) is 0 Å². The lowest BCUT2D eigenvalue weighted by molar-refractivity contribution is 0.427. The average Bonchev–Trinajstić information content (AvgIpc) is 2.84. The van der Waals surface area contributed by atoms with Gasteiger partial charge in [0, 0.05) is 22.7 Å². The number of nitrogens with zero attached hydrogens (tertiary/aromatic N) is 1. The molecule has 2 nitrogen and oxygen atoms in total. The first-order valence-corrected chi connectivity index (χ1v) is 8.55. The van der Waals surface area contributed by atoms with Crippen molar-refractivity contribution in [3.63, 3.8) is 0 Å². The third-order valence-electron chi connectivity index (χ3n) is 4.20. The molecule has 1 aliphatic heterocycles. The minimum atomic E-state index is 0.361. The van der Waals surface area contributed by atoms with E-state index in [0.29, 0.717) is 5.76 Å². The lowest BCUT2D eigenvalue weighted by atomic mass is 10.1. The SMILES string of the molecule is CC1=C(C)N(Cc2ccccc2)/C(=C(\O)c2ccccc2C)S1. The molecule has 0 bridgehead atoms. The van der Waals surface area contributed by atoms with Crippen LogP contribution in [0.5, 0.6) is 0 Å². The number of aliphatic hydroxyl groups is 1. The Morgan fingerprint density at radius 2 is 1.61 bits per heavy atom. The van der Waals surface area contributed by atoms with Crippen molar-refractivity contribution in [1.29, 1.82) is 0 Å². The molecule has 118 valence electrons.